The van der Waals surface area contributed by atoms with Gasteiger partial charge in [-0.15, -0.1) is 0 Å². The molecule has 112 valence electrons. The second kappa shape index (κ2) is 5.84. The third-order valence-corrected chi connectivity index (χ3v) is 4.54. The van der Waals surface area contributed by atoms with Crippen LogP contribution >= 0.6 is 0 Å². The number of aromatic nitrogens is 1. The first-order valence-electron chi connectivity index (χ1n) is 7.72. The summed E-state index contributed by atoms with van der Waals surface area (Å²) < 4.78 is 0. The topological polar surface area (TPSA) is 53.5 Å². The molecule has 5 heteroatoms. The summed E-state index contributed by atoms with van der Waals surface area (Å²) in [7, 11) is 0. The molecule has 2 aliphatic rings. The molecule has 3 heterocycles. The molecular formula is C16H21N3O2. The monoisotopic (exact) mass is 287 g/mol. The van der Waals surface area contributed by atoms with Gasteiger partial charge in [0.15, 0.2) is 0 Å². The van der Waals surface area contributed by atoms with E-state index in [9.17, 15) is 9.59 Å². The van der Waals surface area contributed by atoms with Crippen LogP contribution in [-0.4, -0.2) is 51.8 Å². The Morgan fingerprint density at radius 3 is 2.71 bits per heavy atom. The average Bonchev–Trinajstić information content (AvgIpc) is 3.00. The predicted molar refractivity (Wildman–Crippen MR) is 78.5 cm³/mol. The number of rotatable bonds is 4. The summed E-state index contributed by atoms with van der Waals surface area (Å²) in [5, 5.41) is 0. The number of carbonyl (C=O) groups is 2. The molecule has 1 aromatic rings. The maximum atomic E-state index is 12.7. The number of hydrogen-bond acceptors (Lipinski definition) is 3. The van der Waals surface area contributed by atoms with Crippen LogP contribution in [0, 0.1) is 0 Å². The van der Waals surface area contributed by atoms with Crippen molar-refractivity contribution in [1.29, 1.82) is 0 Å². The summed E-state index contributed by atoms with van der Waals surface area (Å²) in [5.74, 6) is 0.266. The molecule has 2 atom stereocenters. The first-order valence-corrected chi connectivity index (χ1v) is 7.72. The highest BCUT2D eigenvalue weighted by Gasteiger charge is 2.46. The van der Waals surface area contributed by atoms with Crippen molar-refractivity contribution in [1.82, 2.24) is 14.8 Å². The van der Waals surface area contributed by atoms with E-state index in [1.54, 1.807) is 22.2 Å². The molecule has 0 aromatic carbocycles. The van der Waals surface area contributed by atoms with E-state index in [0.717, 1.165) is 31.4 Å². The van der Waals surface area contributed by atoms with Gasteiger partial charge in [0, 0.05) is 25.5 Å². The van der Waals surface area contributed by atoms with Gasteiger partial charge in [0.1, 0.15) is 12.1 Å². The zero-order valence-electron chi connectivity index (χ0n) is 12.4. The Morgan fingerprint density at radius 2 is 2.00 bits per heavy atom. The Kier molecular flexibility index (Phi) is 3.90. The fraction of sp³-hybridized carbons (Fsp3) is 0.562. The normalized spacial score (nSPS) is 25.4. The molecule has 2 aliphatic heterocycles. The standard InChI is InChI=1S/C16H21N3O2/c1-2-13-15(20)18-10-3-4-14(18)16(21)19(13)11-7-12-5-8-17-9-6-12/h5-6,8-9,13-14H,2-4,7,10-11H2,1H3. The van der Waals surface area contributed by atoms with Gasteiger partial charge in [-0.25, -0.2) is 0 Å². The van der Waals surface area contributed by atoms with Crippen LogP contribution < -0.4 is 0 Å². The quantitative estimate of drug-likeness (QED) is 0.837. The van der Waals surface area contributed by atoms with Crippen molar-refractivity contribution in [3.63, 3.8) is 0 Å². The van der Waals surface area contributed by atoms with Crippen LogP contribution in [0.1, 0.15) is 31.7 Å². The molecule has 0 aliphatic carbocycles. The highest BCUT2D eigenvalue weighted by Crippen LogP contribution is 2.28. The highest BCUT2D eigenvalue weighted by molar-refractivity contribution is 5.97. The molecule has 3 rings (SSSR count). The van der Waals surface area contributed by atoms with Crippen LogP contribution in [0.25, 0.3) is 0 Å². The summed E-state index contributed by atoms with van der Waals surface area (Å²) in [6.07, 6.45) is 6.72. The summed E-state index contributed by atoms with van der Waals surface area (Å²) >= 11 is 0. The number of fused-ring (bicyclic) bond motifs is 1. The van der Waals surface area contributed by atoms with E-state index in [-0.39, 0.29) is 23.9 Å². The van der Waals surface area contributed by atoms with Crippen LogP contribution in [-0.2, 0) is 16.0 Å². The van der Waals surface area contributed by atoms with Crippen LogP contribution in [0.2, 0.25) is 0 Å². The Balaban J connectivity index is 1.75. The average molecular weight is 287 g/mol. The number of carbonyl (C=O) groups excluding carboxylic acids is 2. The van der Waals surface area contributed by atoms with E-state index in [2.05, 4.69) is 4.98 Å². The number of amides is 2. The molecule has 2 fully saturated rings. The van der Waals surface area contributed by atoms with Gasteiger partial charge in [-0.1, -0.05) is 6.92 Å². The SMILES string of the molecule is CCC1C(=O)N2CCCC2C(=O)N1CCc1ccncc1. The van der Waals surface area contributed by atoms with Crippen molar-refractivity contribution in [3.8, 4) is 0 Å². The van der Waals surface area contributed by atoms with E-state index in [4.69, 9.17) is 0 Å². The van der Waals surface area contributed by atoms with E-state index < -0.39 is 0 Å². The number of hydrogen-bond donors (Lipinski definition) is 0. The number of pyridine rings is 1. The number of nitrogens with zero attached hydrogens (tertiary/aromatic N) is 3. The minimum absolute atomic E-state index is 0.132. The van der Waals surface area contributed by atoms with Crippen LogP contribution in [0.4, 0.5) is 0 Å². The molecular weight excluding hydrogens is 266 g/mol. The lowest BCUT2D eigenvalue weighted by Crippen LogP contribution is -2.62. The van der Waals surface area contributed by atoms with Crippen molar-refractivity contribution >= 4 is 11.8 Å². The molecule has 0 radical (unpaired) electrons. The molecule has 2 saturated heterocycles. The minimum Gasteiger partial charge on any atom is -0.329 e. The lowest BCUT2D eigenvalue weighted by atomic mass is 10.0. The molecule has 2 unspecified atom stereocenters. The van der Waals surface area contributed by atoms with Gasteiger partial charge < -0.3 is 9.80 Å². The van der Waals surface area contributed by atoms with Gasteiger partial charge in [-0.05, 0) is 43.4 Å². The van der Waals surface area contributed by atoms with Gasteiger partial charge >= 0.3 is 0 Å². The van der Waals surface area contributed by atoms with Crippen LogP contribution in [0.3, 0.4) is 0 Å². The third-order valence-electron chi connectivity index (χ3n) is 4.54. The minimum atomic E-state index is -0.284. The van der Waals surface area contributed by atoms with Crippen LogP contribution in [0.5, 0.6) is 0 Å². The first kappa shape index (κ1) is 14.0. The summed E-state index contributed by atoms with van der Waals surface area (Å²) in [6, 6.07) is 3.42. The van der Waals surface area contributed by atoms with E-state index >= 15 is 0 Å². The van der Waals surface area contributed by atoms with E-state index in [1.165, 1.54) is 0 Å². The van der Waals surface area contributed by atoms with Crippen molar-refractivity contribution in [3.05, 3.63) is 30.1 Å². The second-order valence-electron chi connectivity index (χ2n) is 5.75. The highest BCUT2D eigenvalue weighted by atomic mass is 16.2. The maximum Gasteiger partial charge on any atom is 0.246 e. The molecule has 0 N–H and O–H groups in total. The second-order valence-corrected chi connectivity index (χ2v) is 5.75. The Labute approximate surface area is 124 Å². The zero-order valence-corrected chi connectivity index (χ0v) is 12.4. The Morgan fingerprint density at radius 1 is 1.24 bits per heavy atom. The van der Waals surface area contributed by atoms with E-state index in [1.807, 2.05) is 19.1 Å². The molecule has 0 spiro atoms. The molecule has 2 amide bonds. The van der Waals surface area contributed by atoms with Crippen molar-refractivity contribution in [2.45, 2.75) is 44.7 Å². The van der Waals surface area contributed by atoms with Gasteiger partial charge in [0.25, 0.3) is 0 Å². The molecule has 0 bridgehead atoms. The predicted octanol–water partition coefficient (Wildman–Crippen LogP) is 1.24. The third kappa shape index (κ3) is 2.52. The molecule has 1 aromatic heterocycles. The zero-order chi connectivity index (χ0) is 14.8. The van der Waals surface area contributed by atoms with Gasteiger partial charge in [0.05, 0.1) is 0 Å². The smallest absolute Gasteiger partial charge is 0.246 e. The van der Waals surface area contributed by atoms with Gasteiger partial charge in [-0.3, -0.25) is 14.6 Å². The van der Waals surface area contributed by atoms with Gasteiger partial charge in [0.2, 0.25) is 11.8 Å². The maximum absolute atomic E-state index is 12.7. The van der Waals surface area contributed by atoms with Gasteiger partial charge in [-0.2, -0.15) is 0 Å². The van der Waals surface area contributed by atoms with E-state index in [0.29, 0.717) is 13.0 Å². The largest absolute Gasteiger partial charge is 0.329 e. The first-order chi connectivity index (χ1) is 10.2. The summed E-state index contributed by atoms with van der Waals surface area (Å²) in [5.41, 5.74) is 1.15. The van der Waals surface area contributed by atoms with Crippen molar-refractivity contribution in [2.24, 2.45) is 0 Å². The fourth-order valence-corrected chi connectivity index (χ4v) is 3.42. The molecule has 5 nitrogen and oxygen atoms in total. The fourth-order valence-electron chi connectivity index (χ4n) is 3.42. The lowest BCUT2D eigenvalue weighted by Gasteiger charge is -2.42. The Hall–Kier alpha value is -1.91. The summed E-state index contributed by atoms with van der Waals surface area (Å²) in [4.78, 5) is 32.8. The lowest BCUT2D eigenvalue weighted by molar-refractivity contribution is -0.159. The summed E-state index contributed by atoms with van der Waals surface area (Å²) in [6.45, 7) is 3.33. The number of piperazine rings is 1. The van der Waals surface area contributed by atoms with Crippen LogP contribution in [0.15, 0.2) is 24.5 Å². The molecule has 0 saturated carbocycles. The Bertz CT molecular complexity index is 532. The van der Waals surface area contributed by atoms with Crippen molar-refractivity contribution < 1.29 is 9.59 Å². The van der Waals surface area contributed by atoms with Crippen molar-refractivity contribution in [2.75, 3.05) is 13.1 Å². The molecule has 21 heavy (non-hydrogen) atoms.